The second-order valence-corrected chi connectivity index (χ2v) is 10.4. The van der Waals surface area contributed by atoms with Gasteiger partial charge in [0.15, 0.2) is 0 Å². The quantitative estimate of drug-likeness (QED) is 0.616. The van der Waals surface area contributed by atoms with Gasteiger partial charge < -0.3 is 25.2 Å². The zero-order chi connectivity index (χ0) is 25.6. The van der Waals surface area contributed by atoms with Gasteiger partial charge >= 0.3 is 6.09 Å². The summed E-state index contributed by atoms with van der Waals surface area (Å²) in [6.07, 6.45) is 1.21. The van der Waals surface area contributed by atoms with Gasteiger partial charge in [-0.15, -0.1) is 0 Å². The molecule has 192 valence electrons. The second-order valence-electron chi connectivity index (χ2n) is 10.4. The summed E-state index contributed by atoms with van der Waals surface area (Å²) in [5.41, 5.74) is 0.480. The van der Waals surface area contributed by atoms with Crippen LogP contribution in [-0.4, -0.2) is 71.4 Å². The van der Waals surface area contributed by atoms with Crippen LogP contribution in [0, 0.1) is 5.92 Å². The Morgan fingerprint density at radius 2 is 1.77 bits per heavy atom. The zero-order valence-electron chi connectivity index (χ0n) is 21.2. The van der Waals surface area contributed by atoms with Gasteiger partial charge in [0.2, 0.25) is 17.7 Å². The fourth-order valence-electron chi connectivity index (χ4n) is 4.58. The van der Waals surface area contributed by atoms with Gasteiger partial charge in [0, 0.05) is 45.1 Å². The van der Waals surface area contributed by atoms with Crippen molar-refractivity contribution in [1.82, 2.24) is 20.4 Å². The fraction of sp³-hybridized carbons (Fsp3) is 0.615. The van der Waals surface area contributed by atoms with Crippen molar-refractivity contribution in [3.8, 4) is 0 Å². The predicted molar refractivity (Wildman–Crippen MR) is 131 cm³/mol. The Morgan fingerprint density at radius 3 is 2.40 bits per heavy atom. The minimum absolute atomic E-state index is 0.00659. The highest BCUT2D eigenvalue weighted by Crippen LogP contribution is 2.30. The van der Waals surface area contributed by atoms with Crippen LogP contribution in [0.15, 0.2) is 30.3 Å². The maximum absolute atomic E-state index is 13.1. The lowest BCUT2D eigenvalue weighted by Crippen LogP contribution is -2.48. The van der Waals surface area contributed by atoms with Crippen molar-refractivity contribution >= 4 is 23.8 Å². The monoisotopic (exact) mass is 486 g/mol. The van der Waals surface area contributed by atoms with Gasteiger partial charge in [-0.3, -0.25) is 14.4 Å². The van der Waals surface area contributed by atoms with Crippen molar-refractivity contribution < 1.29 is 23.9 Å². The minimum Gasteiger partial charge on any atom is -0.444 e. The SMILES string of the molecule is CC(c1ccccc1)N1CC(C(=O)N2CCC(NC(=O)CCNC(=O)OC(C)(C)C)CC2)CC1=O. The average Bonchev–Trinajstić information content (AvgIpc) is 3.19. The van der Waals surface area contributed by atoms with Crippen LogP contribution in [0.25, 0.3) is 0 Å². The number of amides is 4. The number of carbonyl (C=O) groups is 4. The minimum atomic E-state index is -0.581. The van der Waals surface area contributed by atoms with E-state index in [0.717, 1.165) is 5.56 Å². The number of piperidine rings is 1. The van der Waals surface area contributed by atoms with Crippen molar-refractivity contribution in [3.05, 3.63) is 35.9 Å². The number of alkyl carbamates (subject to hydrolysis) is 1. The lowest BCUT2D eigenvalue weighted by Gasteiger charge is -2.34. The standard InChI is InChI=1S/C26H38N4O5/c1-18(19-8-6-5-7-9-19)30-17-20(16-23(30)32)24(33)29-14-11-21(12-15-29)28-22(31)10-13-27-25(34)35-26(2,3)4/h5-9,18,20-21H,10-17H2,1-4H3,(H,27,34)(H,28,31). The number of hydrogen-bond acceptors (Lipinski definition) is 5. The van der Waals surface area contributed by atoms with E-state index >= 15 is 0 Å². The van der Waals surface area contributed by atoms with Crippen LogP contribution in [-0.2, 0) is 19.1 Å². The molecule has 0 aliphatic carbocycles. The first-order valence-corrected chi connectivity index (χ1v) is 12.4. The molecule has 2 unspecified atom stereocenters. The Hall–Kier alpha value is -3.10. The highest BCUT2D eigenvalue weighted by molar-refractivity contribution is 5.89. The Balaban J connectivity index is 1.39. The fourth-order valence-corrected chi connectivity index (χ4v) is 4.58. The van der Waals surface area contributed by atoms with Crippen molar-refractivity contribution in [2.75, 3.05) is 26.2 Å². The summed E-state index contributed by atoms with van der Waals surface area (Å²) in [5.74, 6) is -0.425. The molecule has 35 heavy (non-hydrogen) atoms. The van der Waals surface area contributed by atoms with Crippen molar-refractivity contribution in [2.24, 2.45) is 5.92 Å². The van der Waals surface area contributed by atoms with Crippen LogP contribution < -0.4 is 10.6 Å². The maximum atomic E-state index is 13.1. The molecular formula is C26H38N4O5. The van der Waals surface area contributed by atoms with Crippen LogP contribution in [0.3, 0.4) is 0 Å². The van der Waals surface area contributed by atoms with E-state index in [9.17, 15) is 19.2 Å². The molecule has 2 aliphatic rings. The number of hydrogen-bond donors (Lipinski definition) is 2. The van der Waals surface area contributed by atoms with Crippen molar-refractivity contribution in [1.29, 1.82) is 0 Å². The molecule has 0 bridgehead atoms. The molecule has 2 atom stereocenters. The number of nitrogens with zero attached hydrogens (tertiary/aromatic N) is 2. The Kier molecular flexibility index (Phi) is 8.75. The summed E-state index contributed by atoms with van der Waals surface area (Å²) in [5, 5.41) is 5.57. The first kappa shape index (κ1) is 26.5. The van der Waals surface area contributed by atoms with Gasteiger partial charge in [-0.1, -0.05) is 30.3 Å². The van der Waals surface area contributed by atoms with Crippen molar-refractivity contribution in [3.63, 3.8) is 0 Å². The lowest BCUT2D eigenvalue weighted by molar-refractivity contribution is -0.137. The van der Waals surface area contributed by atoms with Gasteiger partial charge in [0.25, 0.3) is 0 Å². The highest BCUT2D eigenvalue weighted by Gasteiger charge is 2.39. The first-order chi connectivity index (χ1) is 16.5. The van der Waals surface area contributed by atoms with E-state index < -0.39 is 11.7 Å². The van der Waals surface area contributed by atoms with Gasteiger partial charge in [-0.2, -0.15) is 0 Å². The molecular weight excluding hydrogens is 448 g/mol. The molecule has 1 aromatic carbocycles. The normalized spacial score (nSPS) is 19.9. The number of likely N-dealkylation sites (tertiary alicyclic amines) is 2. The Morgan fingerprint density at radius 1 is 1.11 bits per heavy atom. The van der Waals surface area contributed by atoms with Gasteiger partial charge in [0.05, 0.1) is 12.0 Å². The first-order valence-electron chi connectivity index (χ1n) is 12.4. The third-order valence-electron chi connectivity index (χ3n) is 6.45. The summed E-state index contributed by atoms with van der Waals surface area (Å²) >= 11 is 0. The van der Waals surface area contributed by atoms with E-state index in [4.69, 9.17) is 4.74 Å². The molecule has 0 saturated carbocycles. The third kappa shape index (κ3) is 7.70. The molecule has 2 saturated heterocycles. The molecule has 0 aromatic heterocycles. The molecule has 9 heteroatoms. The largest absolute Gasteiger partial charge is 0.444 e. The molecule has 2 fully saturated rings. The van der Waals surface area contributed by atoms with Gasteiger partial charge in [0.1, 0.15) is 5.60 Å². The van der Waals surface area contributed by atoms with Gasteiger partial charge in [-0.05, 0) is 46.1 Å². The van der Waals surface area contributed by atoms with Crippen LogP contribution in [0.1, 0.15) is 65.0 Å². The summed E-state index contributed by atoms with van der Waals surface area (Å²) in [6, 6.07) is 9.78. The number of carbonyl (C=O) groups excluding carboxylic acids is 4. The lowest BCUT2D eigenvalue weighted by atomic mass is 10.0. The van der Waals surface area contributed by atoms with Gasteiger partial charge in [-0.25, -0.2) is 4.79 Å². The van der Waals surface area contributed by atoms with Crippen LogP contribution in [0.2, 0.25) is 0 Å². The molecule has 0 spiro atoms. The summed E-state index contributed by atoms with van der Waals surface area (Å²) in [7, 11) is 0. The molecule has 2 heterocycles. The molecule has 3 rings (SSSR count). The topological polar surface area (TPSA) is 108 Å². The van der Waals surface area contributed by atoms with E-state index in [1.807, 2.05) is 42.2 Å². The number of rotatable bonds is 7. The molecule has 2 N–H and O–H groups in total. The predicted octanol–water partition coefficient (Wildman–Crippen LogP) is 2.62. The summed E-state index contributed by atoms with van der Waals surface area (Å²) in [6.45, 7) is 9.09. The van der Waals surface area contributed by atoms with E-state index in [2.05, 4.69) is 10.6 Å². The van der Waals surface area contributed by atoms with E-state index in [1.165, 1.54) is 0 Å². The summed E-state index contributed by atoms with van der Waals surface area (Å²) < 4.78 is 5.15. The highest BCUT2D eigenvalue weighted by atomic mass is 16.6. The zero-order valence-corrected chi connectivity index (χ0v) is 21.2. The molecule has 9 nitrogen and oxygen atoms in total. The second kappa shape index (κ2) is 11.6. The van der Waals surface area contributed by atoms with E-state index in [1.54, 1.807) is 25.7 Å². The average molecular weight is 487 g/mol. The van der Waals surface area contributed by atoms with Crippen LogP contribution in [0.4, 0.5) is 4.79 Å². The molecule has 0 radical (unpaired) electrons. The number of benzene rings is 1. The smallest absolute Gasteiger partial charge is 0.407 e. The number of ether oxygens (including phenoxy) is 1. The molecule has 1 aromatic rings. The summed E-state index contributed by atoms with van der Waals surface area (Å²) in [4.78, 5) is 53.2. The Bertz CT molecular complexity index is 906. The van der Waals surface area contributed by atoms with Crippen LogP contribution in [0.5, 0.6) is 0 Å². The van der Waals surface area contributed by atoms with E-state index in [-0.39, 0.29) is 55.1 Å². The van der Waals surface area contributed by atoms with Crippen molar-refractivity contribution in [2.45, 2.75) is 71.1 Å². The van der Waals surface area contributed by atoms with E-state index in [0.29, 0.717) is 32.5 Å². The maximum Gasteiger partial charge on any atom is 0.407 e. The molecule has 2 aliphatic heterocycles. The number of nitrogens with one attached hydrogen (secondary N) is 2. The van der Waals surface area contributed by atoms with Crippen LogP contribution >= 0.6 is 0 Å². The Labute approximate surface area is 207 Å². The molecule has 4 amide bonds. The third-order valence-corrected chi connectivity index (χ3v) is 6.45.